The van der Waals surface area contributed by atoms with Crippen molar-refractivity contribution < 1.29 is 4.79 Å². The van der Waals surface area contributed by atoms with Gasteiger partial charge in [-0.1, -0.05) is 72.8 Å². The van der Waals surface area contributed by atoms with Crippen molar-refractivity contribution in [2.75, 3.05) is 23.3 Å². The van der Waals surface area contributed by atoms with Crippen LogP contribution in [-0.2, 0) is 4.79 Å². The van der Waals surface area contributed by atoms with Gasteiger partial charge in [-0.3, -0.25) is 4.79 Å². The lowest BCUT2D eigenvalue weighted by atomic mass is 9.95. The Morgan fingerprint density at radius 3 is 2.28 bits per heavy atom. The van der Waals surface area contributed by atoms with Gasteiger partial charge in [0.05, 0.1) is 0 Å². The normalized spacial score (nSPS) is 14.2. The molecule has 1 aliphatic heterocycles. The van der Waals surface area contributed by atoms with Gasteiger partial charge in [0, 0.05) is 30.3 Å². The summed E-state index contributed by atoms with van der Waals surface area (Å²) in [6.45, 7) is 1.50. The van der Waals surface area contributed by atoms with E-state index in [0.717, 1.165) is 48.6 Å². The Bertz CT molecular complexity index is 1490. The zero-order chi connectivity index (χ0) is 24.3. The largest absolute Gasteiger partial charge is 0.355 e. The number of nitrogens with one attached hydrogen (secondary N) is 1. The number of aromatic nitrogens is 5. The summed E-state index contributed by atoms with van der Waals surface area (Å²) in [5, 5.41) is 19.1. The molecule has 1 N–H and O–H groups in total. The van der Waals surface area contributed by atoms with Crippen molar-refractivity contribution in [3.8, 4) is 22.3 Å². The van der Waals surface area contributed by atoms with Crippen molar-refractivity contribution in [1.82, 2.24) is 25.3 Å². The summed E-state index contributed by atoms with van der Waals surface area (Å²) in [5.41, 5.74) is 5.89. The quantitative estimate of drug-likeness (QED) is 0.396. The zero-order valence-electron chi connectivity index (χ0n) is 19.7. The second kappa shape index (κ2) is 9.58. The topological polar surface area (TPSA) is 88.3 Å². The highest BCUT2D eigenvalue weighted by atomic mass is 16.1. The number of carbonyl (C=O) groups is 1. The number of amides is 1. The molecule has 2 aromatic heterocycles. The molecule has 0 radical (unpaired) electrons. The molecule has 36 heavy (non-hydrogen) atoms. The van der Waals surface area contributed by atoms with Crippen LogP contribution in [-0.4, -0.2) is 44.3 Å². The molecule has 3 heterocycles. The predicted octanol–water partition coefficient (Wildman–Crippen LogP) is 4.71. The van der Waals surface area contributed by atoms with Gasteiger partial charge < -0.3 is 10.2 Å². The van der Waals surface area contributed by atoms with Crippen LogP contribution < -0.4 is 10.2 Å². The van der Waals surface area contributed by atoms with Gasteiger partial charge in [-0.05, 0) is 58.2 Å². The molecule has 0 bridgehead atoms. The van der Waals surface area contributed by atoms with E-state index in [9.17, 15) is 4.79 Å². The lowest BCUT2D eigenvalue weighted by Crippen LogP contribution is -2.38. The number of fused-ring (bicyclic) bond motifs is 1. The maximum Gasteiger partial charge on any atom is 0.227 e. The third-order valence-corrected chi connectivity index (χ3v) is 6.73. The number of rotatable bonds is 5. The average Bonchev–Trinajstić information content (AvgIpc) is 3.42. The molecule has 8 nitrogen and oxygen atoms in total. The summed E-state index contributed by atoms with van der Waals surface area (Å²) >= 11 is 0. The highest BCUT2D eigenvalue weighted by molar-refractivity contribution is 5.97. The average molecular weight is 476 g/mol. The number of para-hydroxylation sites is 1. The van der Waals surface area contributed by atoms with Crippen LogP contribution in [0.2, 0.25) is 0 Å². The summed E-state index contributed by atoms with van der Waals surface area (Å²) in [6.07, 6.45) is 1.52. The number of hydrogen-bond donors (Lipinski definition) is 1. The van der Waals surface area contributed by atoms with Crippen LogP contribution in [0.25, 0.3) is 27.9 Å². The van der Waals surface area contributed by atoms with E-state index in [1.807, 2.05) is 48.5 Å². The molecular weight excluding hydrogens is 450 g/mol. The summed E-state index contributed by atoms with van der Waals surface area (Å²) < 4.78 is 1.43. The molecule has 0 unspecified atom stereocenters. The third-order valence-electron chi connectivity index (χ3n) is 6.73. The van der Waals surface area contributed by atoms with Gasteiger partial charge in [0.1, 0.15) is 0 Å². The van der Waals surface area contributed by atoms with E-state index in [1.165, 1.54) is 15.8 Å². The maximum atomic E-state index is 13.2. The van der Waals surface area contributed by atoms with E-state index in [0.29, 0.717) is 5.65 Å². The van der Waals surface area contributed by atoms with Crippen LogP contribution >= 0.6 is 0 Å². The van der Waals surface area contributed by atoms with Crippen molar-refractivity contribution in [3.63, 3.8) is 0 Å². The predicted molar refractivity (Wildman–Crippen MR) is 139 cm³/mol. The lowest BCUT2D eigenvalue weighted by molar-refractivity contribution is -0.120. The first kappa shape index (κ1) is 21.9. The molecule has 1 saturated heterocycles. The lowest BCUT2D eigenvalue weighted by Gasteiger charge is -2.32. The number of anilines is 2. The van der Waals surface area contributed by atoms with E-state index in [4.69, 9.17) is 0 Å². The Kier molecular flexibility index (Phi) is 5.83. The molecule has 3 aromatic carbocycles. The van der Waals surface area contributed by atoms with Gasteiger partial charge >= 0.3 is 0 Å². The minimum atomic E-state index is -0.0495. The van der Waals surface area contributed by atoms with Crippen LogP contribution in [0.1, 0.15) is 12.8 Å². The Morgan fingerprint density at radius 2 is 1.47 bits per heavy atom. The molecule has 178 valence electrons. The fourth-order valence-corrected chi connectivity index (χ4v) is 4.73. The second-order valence-electron chi connectivity index (χ2n) is 8.96. The molecule has 0 atom stereocenters. The fraction of sp³-hybridized carbons (Fsp3) is 0.179. The molecule has 6 rings (SSSR count). The van der Waals surface area contributed by atoms with E-state index < -0.39 is 0 Å². The van der Waals surface area contributed by atoms with Crippen LogP contribution in [0.5, 0.6) is 0 Å². The highest BCUT2D eigenvalue weighted by Gasteiger charge is 2.26. The van der Waals surface area contributed by atoms with Crippen LogP contribution in [0.4, 0.5) is 11.5 Å². The summed E-state index contributed by atoms with van der Waals surface area (Å²) in [7, 11) is 0. The summed E-state index contributed by atoms with van der Waals surface area (Å²) in [5.74, 6) is 0.830. The first-order valence-corrected chi connectivity index (χ1v) is 12.1. The van der Waals surface area contributed by atoms with Crippen molar-refractivity contribution in [2.45, 2.75) is 12.8 Å². The van der Waals surface area contributed by atoms with E-state index in [-0.39, 0.29) is 11.8 Å². The Balaban J connectivity index is 1.13. The fourth-order valence-electron chi connectivity index (χ4n) is 4.73. The number of carbonyl (C=O) groups excluding carboxylic acids is 1. The molecule has 1 fully saturated rings. The number of benzene rings is 3. The molecule has 0 spiro atoms. The van der Waals surface area contributed by atoms with Crippen molar-refractivity contribution >= 4 is 23.1 Å². The first-order valence-electron chi connectivity index (χ1n) is 12.1. The maximum absolute atomic E-state index is 13.2. The zero-order valence-corrected chi connectivity index (χ0v) is 19.7. The minimum Gasteiger partial charge on any atom is -0.355 e. The number of nitrogens with zero attached hydrogens (tertiary/aromatic N) is 6. The van der Waals surface area contributed by atoms with E-state index >= 15 is 0 Å². The van der Waals surface area contributed by atoms with E-state index in [2.05, 4.69) is 73.3 Å². The van der Waals surface area contributed by atoms with Gasteiger partial charge in [0.15, 0.2) is 11.5 Å². The van der Waals surface area contributed by atoms with Gasteiger partial charge in [-0.25, -0.2) is 0 Å². The second-order valence-corrected chi connectivity index (χ2v) is 8.96. The van der Waals surface area contributed by atoms with Crippen molar-refractivity contribution in [2.24, 2.45) is 5.92 Å². The van der Waals surface area contributed by atoms with Crippen LogP contribution in [0.15, 0.2) is 91.0 Å². The molecule has 1 amide bonds. The summed E-state index contributed by atoms with van der Waals surface area (Å²) in [4.78, 5) is 15.4. The highest BCUT2D eigenvalue weighted by Crippen LogP contribution is 2.31. The number of hydrogen-bond acceptors (Lipinski definition) is 6. The molecule has 8 heteroatoms. The smallest absolute Gasteiger partial charge is 0.227 e. The first-order chi connectivity index (χ1) is 17.7. The summed E-state index contributed by atoms with van der Waals surface area (Å²) in [6, 6.07) is 30.6. The van der Waals surface area contributed by atoms with E-state index in [1.54, 1.807) is 0 Å². The molecule has 0 aliphatic carbocycles. The van der Waals surface area contributed by atoms with Crippen molar-refractivity contribution in [3.05, 3.63) is 91.0 Å². The molecular formula is C28H25N7O. The Hall–Kier alpha value is -4.59. The SMILES string of the molecule is O=C(Nc1ccccc1-c1ccc(-c2ccccc2)cc1)C1CCN(c2ccc3nnnn3n2)CC1. The number of tetrazole rings is 1. The monoisotopic (exact) mass is 475 g/mol. The van der Waals surface area contributed by atoms with Gasteiger partial charge in [0.25, 0.3) is 0 Å². The number of piperidine rings is 1. The molecule has 0 saturated carbocycles. The third kappa shape index (κ3) is 4.40. The Morgan fingerprint density at radius 1 is 0.778 bits per heavy atom. The van der Waals surface area contributed by atoms with Gasteiger partial charge in [-0.2, -0.15) is 0 Å². The minimum absolute atomic E-state index is 0.0495. The Labute approximate surface area is 208 Å². The van der Waals surface area contributed by atoms with Gasteiger partial charge in [-0.15, -0.1) is 14.8 Å². The molecule has 1 aliphatic rings. The van der Waals surface area contributed by atoms with Crippen LogP contribution in [0.3, 0.4) is 0 Å². The van der Waals surface area contributed by atoms with Crippen LogP contribution in [0, 0.1) is 5.92 Å². The standard InChI is InChI=1S/C28H25N7O/c36-28(23-16-18-34(19-17-23)27-15-14-26-30-32-33-35(26)31-27)29-25-9-5-4-8-24(25)22-12-10-21(11-13-22)20-6-2-1-3-7-20/h1-15,23H,16-19H2,(H,29,36). The molecule has 5 aromatic rings. The van der Waals surface area contributed by atoms with Crippen molar-refractivity contribution in [1.29, 1.82) is 0 Å². The van der Waals surface area contributed by atoms with Gasteiger partial charge in [0.2, 0.25) is 5.91 Å².